The molecule has 43 heavy (non-hydrogen) atoms. The fraction of sp³-hybridized carbons (Fsp3) is 0.333. The third-order valence-electron chi connectivity index (χ3n) is 7.23. The molecule has 0 bridgehead atoms. The third kappa shape index (κ3) is 7.57. The zero-order chi connectivity index (χ0) is 31.3. The number of anilines is 2. The summed E-state index contributed by atoms with van der Waals surface area (Å²) in [5.41, 5.74) is 1.05. The Hall–Kier alpha value is -3.84. The van der Waals surface area contributed by atoms with E-state index >= 15 is 0 Å². The highest BCUT2D eigenvalue weighted by Gasteiger charge is 2.35. The van der Waals surface area contributed by atoms with E-state index in [0.717, 1.165) is 0 Å². The Morgan fingerprint density at radius 2 is 1.74 bits per heavy atom. The van der Waals surface area contributed by atoms with Gasteiger partial charge in [0.05, 0.1) is 36.8 Å². The van der Waals surface area contributed by atoms with Crippen molar-refractivity contribution in [3.05, 3.63) is 77.3 Å². The second kappa shape index (κ2) is 13.6. The highest BCUT2D eigenvalue weighted by molar-refractivity contribution is 7.89. The minimum atomic E-state index is -3.86. The molecule has 3 atom stereocenters. The van der Waals surface area contributed by atoms with Gasteiger partial charge in [-0.3, -0.25) is 4.79 Å². The molecule has 1 aliphatic heterocycles. The summed E-state index contributed by atoms with van der Waals surface area (Å²) in [6, 6.07) is 16.3. The number of hydrogen-bond acceptors (Lipinski definition) is 7. The van der Waals surface area contributed by atoms with E-state index in [1.807, 2.05) is 6.92 Å². The molecule has 0 saturated carbocycles. The maximum atomic E-state index is 13.7. The average Bonchev–Trinajstić information content (AvgIpc) is 2.99. The maximum Gasteiger partial charge on any atom is 0.323 e. The predicted octanol–water partition coefficient (Wildman–Crippen LogP) is 4.53. The highest BCUT2D eigenvalue weighted by Crippen LogP contribution is 2.31. The number of ether oxygens (including phenoxy) is 2. The number of fused-ring (bicyclic) bond motifs is 1. The van der Waals surface area contributed by atoms with Crippen LogP contribution in [0.1, 0.15) is 24.2 Å². The molecule has 0 saturated heterocycles. The van der Waals surface area contributed by atoms with Crippen molar-refractivity contribution in [1.29, 1.82) is 0 Å². The van der Waals surface area contributed by atoms with Crippen LogP contribution in [0.15, 0.2) is 71.6 Å². The van der Waals surface area contributed by atoms with Gasteiger partial charge in [-0.05, 0) is 73.7 Å². The molecular weight excluding hydrogens is 596 g/mol. The Morgan fingerprint density at radius 3 is 2.37 bits per heavy atom. The Labute approximate surface area is 256 Å². The number of aliphatic hydroxyl groups excluding tert-OH is 1. The highest BCUT2D eigenvalue weighted by atomic mass is 35.5. The number of nitrogens with one attached hydrogen (secondary N) is 2. The Kier molecular flexibility index (Phi) is 10.2. The lowest BCUT2D eigenvalue weighted by Crippen LogP contribution is -2.50. The second-order valence-corrected chi connectivity index (χ2v) is 12.9. The number of sulfonamides is 1. The predicted molar refractivity (Wildman–Crippen MR) is 165 cm³/mol. The zero-order valence-corrected chi connectivity index (χ0v) is 25.9. The molecule has 1 aliphatic rings. The average molecular weight is 631 g/mol. The molecule has 0 spiro atoms. The number of halogens is 1. The molecule has 0 unspecified atom stereocenters. The summed E-state index contributed by atoms with van der Waals surface area (Å²) in [6.07, 6.45) is -0.649. The van der Waals surface area contributed by atoms with Crippen molar-refractivity contribution in [3.63, 3.8) is 0 Å². The number of methoxy groups -OCH3 is 1. The quantitative estimate of drug-likeness (QED) is 0.316. The largest absolute Gasteiger partial charge is 0.497 e. The molecule has 3 amide bonds. The summed E-state index contributed by atoms with van der Waals surface area (Å²) < 4.78 is 39.2. The first-order valence-corrected chi connectivity index (χ1v) is 15.4. The summed E-state index contributed by atoms with van der Waals surface area (Å²) >= 11 is 5.94. The van der Waals surface area contributed by atoms with E-state index in [4.69, 9.17) is 21.1 Å². The van der Waals surface area contributed by atoms with Crippen molar-refractivity contribution in [2.24, 2.45) is 5.92 Å². The fourth-order valence-electron chi connectivity index (χ4n) is 4.62. The summed E-state index contributed by atoms with van der Waals surface area (Å²) in [4.78, 5) is 28.0. The molecule has 3 aromatic rings. The number of rotatable bonds is 9. The van der Waals surface area contributed by atoms with Crippen LogP contribution in [0.5, 0.6) is 11.5 Å². The van der Waals surface area contributed by atoms with Gasteiger partial charge < -0.3 is 30.1 Å². The van der Waals surface area contributed by atoms with Gasteiger partial charge in [-0.1, -0.05) is 18.5 Å². The molecule has 3 N–H and O–H groups in total. The molecule has 3 aromatic carbocycles. The van der Waals surface area contributed by atoms with Crippen LogP contribution in [0.25, 0.3) is 0 Å². The smallest absolute Gasteiger partial charge is 0.323 e. The van der Waals surface area contributed by atoms with Crippen LogP contribution < -0.4 is 20.1 Å². The number of aliphatic hydroxyl groups is 1. The zero-order valence-electron chi connectivity index (χ0n) is 24.3. The van der Waals surface area contributed by atoms with Crippen LogP contribution in [0.4, 0.5) is 16.2 Å². The summed E-state index contributed by atoms with van der Waals surface area (Å²) in [6.45, 7) is 3.51. The third-order valence-corrected chi connectivity index (χ3v) is 9.32. The SMILES string of the molecule is COc1ccc(NC(=O)Nc2ccc3c(c2)C(=O)N([C@@H](C)CO)C[C@@H](C)[C@@H](CN(C)S(=O)(=O)c2ccc(Cl)cc2)O3)cc1. The molecule has 1 heterocycles. The number of likely N-dealkylation sites (N-methyl/N-ethyl adjacent to an activating group) is 1. The van der Waals surface area contributed by atoms with Crippen LogP contribution in [0.3, 0.4) is 0 Å². The van der Waals surface area contributed by atoms with Crippen LogP contribution in [-0.4, -0.2) is 80.7 Å². The van der Waals surface area contributed by atoms with Crippen LogP contribution in [-0.2, 0) is 10.0 Å². The van der Waals surface area contributed by atoms with Crippen molar-refractivity contribution in [1.82, 2.24) is 9.21 Å². The van der Waals surface area contributed by atoms with Crippen molar-refractivity contribution in [3.8, 4) is 11.5 Å². The van der Waals surface area contributed by atoms with E-state index in [2.05, 4.69) is 10.6 Å². The minimum Gasteiger partial charge on any atom is -0.497 e. The number of amides is 3. The van der Waals surface area contributed by atoms with E-state index in [-0.39, 0.29) is 47.7 Å². The van der Waals surface area contributed by atoms with Gasteiger partial charge in [0.15, 0.2) is 0 Å². The summed E-state index contributed by atoms with van der Waals surface area (Å²) in [5, 5.41) is 15.8. The van der Waals surface area contributed by atoms with E-state index in [9.17, 15) is 23.1 Å². The second-order valence-electron chi connectivity index (χ2n) is 10.4. The van der Waals surface area contributed by atoms with E-state index in [1.54, 1.807) is 50.4 Å². The van der Waals surface area contributed by atoms with Gasteiger partial charge in [0, 0.05) is 35.9 Å². The van der Waals surface area contributed by atoms with Crippen molar-refractivity contribution in [2.75, 3.05) is 44.5 Å². The Balaban J connectivity index is 1.59. The molecule has 0 aliphatic carbocycles. The molecule has 0 fully saturated rings. The number of hydrogen-bond donors (Lipinski definition) is 3. The molecule has 0 radical (unpaired) electrons. The van der Waals surface area contributed by atoms with Crippen LogP contribution >= 0.6 is 11.6 Å². The normalized spacial score (nSPS) is 17.7. The molecule has 11 nitrogen and oxygen atoms in total. The number of urea groups is 1. The van der Waals surface area contributed by atoms with Gasteiger partial charge in [-0.15, -0.1) is 0 Å². The van der Waals surface area contributed by atoms with Gasteiger partial charge in [0.2, 0.25) is 10.0 Å². The van der Waals surface area contributed by atoms with Crippen LogP contribution in [0.2, 0.25) is 5.02 Å². The van der Waals surface area contributed by atoms with Crippen molar-refractivity contribution in [2.45, 2.75) is 30.9 Å². The van der Waals surface area contributed by atoms with E-state index < -0.39 is 28.2 Å². The number of carbonyl (C=O) groups excluding carboxylic acids is 2. The van der Waals surface area contributed by atoms with Gasteiger partial charge in [0.25, 0.3) is 5.91 Å². The summed E-state index contributed by atoms with van der Waals surface area (Å²) in [5.74, 6) is 0.189. The number of benzene rings is 3. The first kappa shape index (κ1) is 32.1. The first-order chi connectivity index (χ1) is 20.4. The lowest BCUT2D eigenvalue weighted by molar-refractivity contribution is 0.0387. The van der Waals surface area contributed by atoms with E-state index in [0.29, 0.717) is 22.1 Å². The minimum absolute atomic E-state index is 0.00856. The lowest BCUT2D eigenvalue weighted by atomic mass is 9.99. The maximum absolute atomic E-state index is 13.7. The molecule has 230 valence electrons. The standard InChI is InChI=1S/C30H35ClN4O7S/c1-19-16-35(20(2)18-36)29(37)26-15-23(33-30(38)32-22-7-10-24(41-4)11-8-22)9-14-27(26)42-28(19)17-34(3)43(39,40)25-12-5-21(31)6-13-25/h5-15,19-20,28,36H,16-18H2,1-4H3,(H2,32,33,38)/t19-,20+,28-/m1/s1. The monoisotopic (exact) mass is 630 g/mol. The number of nitrogens with zero attached hydrogens (tertiary/aromatic N) is 2. The fourth-order valence-corrected chi connectivity index (χ4v) is 5.93. The van der Waals surface area contributed by atoms with Gasteiger partial charge >= 0.3 is 6.03 Å². The molecule has 4 rings (SSSR count). The lowest BCUT2D eigenvalue weighted by Gasteiger charge is -2.38. The summed E-state index contributed by atoms with van der Waals surface area (Å²) in [7, 11) is -0.845. The topological polar surface area (TPSA) is 138 Å². The Bertz CT molecular complexity index is 1550. The molecular formula is C30H35ClN4O7S. The molecule has 0 aromatic heterocycles. The van der Waals surface area contributed by atoms with Gasteiger partial charge in [-0.2, -0.15) is 4.31 Å². The van der Waals surface area contributed by atoms with E-state index in [1.165, 1.54) is 46.6 Å². The Morgan fingerprint density at radius 1 is 1.12 bits per heavy atom. The van der Waals surface area contributed by atoms with Gasteiger partial charge in [-0.25, -0.2) is 13.2 Å². The van der Waals surface area contributed by atoms with Crippen LogP contribution in [0, 0.1) is 5.92 Å². The molecule has 13 heteroatoms. The van der Waals surface area contributed by atoms with Crippen molar-refractivity contribution < 1.29 is 32.6 Å². The van der Waals surface area contributed by atoms with Gasteiger partial charge in [0.1, 0.15) is 17.6 Å². The van der Waals surface area contributed by atoms with Crippen molar-refractivity contribution >= 4 is 44.9 Å². The number of carbonyl (C=O) groups is 2. The first-order valence-electron chi connectivity index (χ1n) is 13.6.